The highest BCUT2D eigenvalue weighted by Gasteiger charge is 2.49. The third kappa shape index (κ3) is 3.42. The van der Waals surface area contributed by atoms with Crippen molar-refractivity contribution in [2.45, 2.75) is 56.8 Å². The molecule has 1 saturated carbocycles. The molecule has 1 saturated heterocycles. The van der Waals surface area contributed by atoms with E-state index >= 15 is 0 Å². The number of furan rings is 1. The van der Waals surface area contributed by atoms with Gasteiger partial charge in [-0.25, -0.2) is 0 Å². The van der Waals surface area contributed by atoms with Gasteiger partial charge >= 0.3 is 6.18 Å². The van der Waals surface area contributed by atoms with Gasteiger partial charge < -0.3 is 14.6 Å². The van der Waals surface area contributed by atoms with Crippen LogP contribution in [0.1, 0.15) is 54.6 Å². The van der Waals surface area contributed by atoms with E-state index in [2.05, 4.69) is 5.32 Å². The van der Waals surface area contributed by atoms with E-state index in [4.69, 9.17) is 4.42 Å². The molecule has 0 bridgehead atoms. The van der Waals surface area contributed by atoms with E-state index in [-0.39, 0.29) is 36.8 Å². The average Bonchev–Trinajstić information content (AvgIpc) is 3.22. The molecule has 24 heavy (non-hydrogen) atoms. The lowest BCUT2D eigenvalue weighted by Gasteiger charge is -2.40. The first kappa shape index (κ1) is 16.9. The quantitative estimate of drug-likeness (QED) is 0.917. The second kappa shape index (κ2) is 6.14. The van der Waals surface area contributed by atoms with Crippen molar-refractivity contribution in [2.24, 2.45) is 0 Å². The highest BCUT2D eigenvalue weighted by Crippen LogP contribution is 2.43. The summed E-state index contributed by atoms with van der Waals surface area (Å²) in [5.41, 5.74) is 0.204. The van der Waals surface area contributed by atoms with Gasteiger partial charge in [0.2, 0.25) is 5.91 Å². The predicted octanol–water partition coefficient (Wildman–Crippen LogP) is 2.83. The highest BCUT2D eigenvalue weighted by atomic mass is 19.4. The predicted molar refractivity (Wildman–Crippen MR) is 78.4 cm³/mol. The van der Waals surface area contributed by atoms with Crippen LogP contribution in [0.3, 0.4) is 0 Å². The summed E-state index contributed by atoms with van der Waals surface area (Å²) in [4.78, 5) is 24.8. The molecule has 5 nitrogen and oxygen atoms in total. The van der Waals surface area contributed by atoms with Crippen LogP contribution in [0.15, 0.2) is 16.7 Å². The molecule has 1 aliphatic carbocycles. The molecular formula is C16H19F3N2O3. The van der Waals surface area contributed by atoms with E-state index in [1.54, 1.807) is 0 Å². The van der Waals surface area contributed by atoms with Crippen molar-refractivity contribution >= 4 is 11.8 Å². The first-order valence-corrected chi connectivity index (χ1v) is 7.99. The zero-order valence-corrected chi connectivity index (χ0v) is 13.2. The largest absolute Gasteiger partial charge is 0.468 e. The molecule has 2 heterocycles. The van der Waals surface area contributed by atoms with Crippen molar-refractivity contribution in [1.82, 2.24) is 10.2 Å². The van der Waals surface area contributed by atoms with Gasteiger partial charge in [0, 0.05) is 25.4 Å². The Bertz CT molecular complexity index is 637. The Labute approximate surface area is 137 Å². The monoisotopic (exact) mass is 344 g/mol. The fourth-order valence-corrected chi connectivity index (χ4v) is 3.25. The molecule has 0 aromatic carbocycles. The van der Waals surface area contributed by atoms with Crippen molar-refractivity contribution in [2.75, 3.05) is 6.54 Å². The van der Waals surface area contributed by atoms with Crippen LogP contribution in [0.2, 0.25) is 0 Å². The van der Waals surface area contributed by atoms with E-state index in [0.717, 1.165) is 17.7 Å². The summed E-state index contributed by atoms with van der Waals surface area (Å²) < 4.78 is 45.4. The SMILES string of the molecule is CC(=O)N[C@H]1CC[C@@H](C(F)(F)F)N(C(=O)c2ccoc2C2CC2)C1. The molecule has 1 aromatic rings. The van der Waals surface area contributed by atoms with Crippen molar-refractivity contribution in [3.63, 3.8) is 0 Å². The van der Waals surface area contributed by atoms with Gasteiger partial charge in [0.05, 0.1) is 11.8 Å². The normalized spacial score (nSPS) is 24.8. The fraction of sp³-hybridized carbons (Fsp3) is 0.625. The number of hydrogen-bond acceptors (Lipinski definition) is 3. The summed E-state index contributed by atoms with van der Waals surface area (Å²) >= 11 is 0. The maximum absolute atomic E-state index is 13.3. The van der Waals surface area contributed by atoms with Crippen molar-refractivity contribution in [1.29, 1.82) is 0 Å². The van der Waals surface area contributed by atoms with E-state index in [1.165, 1.54) is 19.3 Å². The topological polar surface area (TPSA) is 62.6 Å². The Kier molecular flexibility index (Phi) is 4.31. The van der Waals surface area contributed by atoms with Crippen LogP contribution < -0.4 is 5.32 Å². The molecule has 1 N–H and O–H groups in total. The molecule has 132 valence electrons. The van der Waals surface area contributed by atoms with Crippen LogP contribution in [0.25, 0.3) is 0 Å². The minimum absolute atomic E-state index is 0.124. The lowest BCUT2D eigenvalue weighted by molar-refractivity contribution is -0.184. The van der Waals surface area contributed by atoms with E-state index < -0.39 is 24.2 Å². The summed E-state index contributed by atoms with van der Waals surface area (Å²) in [5.74, 6) is -0.398. The lowest BCUT2D eigenvalue weighted by Crippen LogP contribution is -2.58. The van der Waals surface area contributed by atoms with Crippen molar-refractivity contribution in [3.8, 4) is 0 Å². The number of carbonyl (C=O) groups is 2. The van der Waals surface area contributed by atoms with Gasteiger partial charge in [0.25, 0.3) is 5.91 Å². The first-order chi connectivity index (χ1) is 11.3. The number of carbonyl (C=O) groups excluding carboxylic acids is 2. The molecular weight excluding hydrogens is 325 g/mol. The number of likely N-dealkylation sites (tertiary alicyclic amines) is 1. The number of nitrogens with one attached hydrogen (secondary N) is 1. The van der Waals surface area contributed by atoms with E-state index in [9.17, 15) is 22.8 Å². The molecule has 2 atom stereocenters. The maximum Gasteiger partial charge on any atom is 0.408 e. The van der Waals surface area contributed by atoms with Crippen LogP contribution >= 0.6 is 0 Å². The second-order valence-electron chi connectivity index (χ2n) is 6.46. The number of amides is 2. The van der Waals surface area contributed by atoms with Gasteiger partial charge in [-0.05, 0) is 31.7 Å². The lowest BCUT2D eigenvalue weighted by atomic mass is 9.96. The molecule has 1 aliphatic heterocycles. The highest BCUT2D eigenvalue weighted by molar-refractivity contribution is 5.96. The van der Waals surface area contributed by atoms with Crippen LogP contribution in [0, 0.1) is 0 Å². The smallest absolute Gasteiger partial charge is 0.408 e. The summed E-state index contributed by atoms with van der Waals surface area (Å²) in [7, 11) is 0. The van der Waals surface area contributed by atoms with Crippen molar-refractivity contribution < 1.29 is 27.2 Å². The van der Waals surface area contributed by atoms with Gasteiger partial charge in [-0.1, -0.05) is 0 Å². The molecule has 2 fully saturated rings. The van der Waals surface area contributed by atoms with Gasteiger partial charge in [-0.3, -0.25) is 9.59 Å². The van der Waals surface area contributed by atoms with Gasteiger partial charge in [0.1, 0.15) is 11.8 Å². The second-order valence-corrected chi connectivity index (χ2v) is 6.46. The van der Waals surface area contributed by atoms with Crippen LogP contribution in [0.5, 0.6) is 0 Å². The Morgan fingerprint density at radius 1 is 1.25 bits per heavy atom. The molecule has 1 aromatic heterocycles. The Balaban J connectivity index is 1.85. The molecule has 2 amide bonds. The molecule has 0 spiro atoms. The number of nitrogens with zero attached hydrogens (tertiary/aromatic N) is 1. The maximum atomic E-state index is 13.3. The minimum atomic E-state index is -4.50. The standard InChI is InChI=1S/C16H19F3N2O3/c1-9(22)20-11-4-5-13(16(17,18)19)21(8-11)15(23)12-6-7-24-14(12)10-2-3-10/h6-7,10-11,13H,2-5,8H2,1H3,(H,20,22)/t11-,13-/m0/s1. The van der Waals surface area contributed by atoms with Crippen LogP contribution in [-0.4, -0.2) is 41.5 Å². The molecule has 8 heteroatoms. The van der Waals surface area contributed by atoms with Crippen LogP contribution in [-0.2, 0) is 4.79 Å². The zero-order valence-electron chi connectivity index (χ0n) is 13.2. The van der Waals surface area contributed by atoms with Crippen LogP contribution in [0.4, 0.5) is 13.2 Å². The first-order valence-electron chi connectivity index (χ1n) is 7.99. The molecule has 0 radical (unpaired) electrons. The summed E-state index contributed by atoms with van der Waals surface area (Å²) in [6.45, 7) is 1.15. The Morgan fingerprint density at radius 3 is 2.54 bits per heavy atom. The number of rotatable bonds is 3. The van der Waals surface area contributed by atoms with E-state index in [1.807, 2.05) is 0 Å². The van der Waals surface area contributed by atoms with E-state index in [0.29, 0.717) is 5.76 Å². The fourth-order valence-electron chi connectivity index (χ4n) is 3.25. The molecule has 0 unspecified atom stereocenters. The zero-order chi connectivity index (χ0) is 17.5. The third-order valence-electron chi connectivity index (χ3n) is 4.50. The summed E-state index contributed by atoms with van der Waals surface area (Å²) in [6.07, 6.45) is -1.43. The minimum Gasteiger partial charge on any atom is -0.468 e. The van der Waals surface area contributed by atoms with Crippen molar-refractivity contribution in [3.05, 3.63) is 23.7 Å². The number of hydrogen-bond donors (Lipinski definition) is 1. The summed E-state index contributed by atoms with van der Waals surface area (Å²) in [6, 6.07) is -0.871. The summed E-state index contributed by atoms with van der Waals surface area (Å²) in [5, 5.41) is 2.61. The number of halogens is 3. The van der Waals surface area contributed by atoms with Gasteiger partial charge in [-0.15, -0.1) is 0 Å². The number of alkyl halides is 3. The molecule has 3 rings (SSSR count). The van der Waals surface area contributed by atoms with Gasteiger partial charge in [0.15, 0.2) is 0 Å². The van der Waals surface area contributed by atoms with Gasteiger partial charge in [-0.2, -0.15) is 13.2 Å². The third-order valence-corrected chi connectivity index (χ3v) is 4.50. The molecule has 2 aliphatic rings. The number of piperidine rings is 1. The Morgan fingerprint density at radius 2 is 1.96 bits per heavy atom. The average molecular weight is 344 g/mol. The Hall–Kier alpha value is -1.99.